The molecule has 0 N–H and O–H groups in total. The van der Waals surface area contributed by atoms with Gasteiger partial charge in [-0.25, -0.2) is 14.0 Å². The SMILES string of the molecule is CC(C)N(C(C)C)P1(=O)N(C)[C@@H](c2ccccc2)[C@H](c2ccccc2)N1C. The molecule has 0 spiro atoms. The van der Waals surface area contributed by atoms with Crippen LogP contribution in [0.1, 0.15) is 50.9 Å². The molecule has 3 rings (SSSR count). The van der Waals surface area contributed by atoms with Crippen molar-refractivity contribution in [3.05, 3.63) is 71.8 Å². The summed E-state index contributed by atoms with van der Waals surface area (Å²) in [5.41, 5.74) is 2.40. The maximum atomic E-state index is 14.6. The van der Waals surface area contributed by atoms with Crippen molar-refractivity contribution in [3.8, 4) is 0 Å². The normalized spacial score (nSPS) is 23.6. The van der Waals surface area contributed by atoms with Crippen LogP contribution in [0.2, 0.25) is 0 Å². The first-order valence-corrected chi connectivity index (χ1v) is 11.3. The third-order valence-electron chi connectivity index (χ3n) is 5.57. The van der Waals surface area contributed by atoms with Crippen molar-refractivity contribution in [1.29, 1.82) is 0 Å². The Labute approximate surface area is 164 Å². The Hall–Kier alpha value is -1.45. The van der Waals surface area contributed by atoms with Gasteiger partial charge in [0.2, 0.25) is 0 Å². The van der Waals surface area contributed by atoms with Gasteiger partial charge in [0.1, 0.15) is 0 Å². The van der Waals surface area contributed by atoms with E-state index in [0.29, 0.717) is 0 Å². The zero-order chi connectivity index (χ0) is 19.8. The molecule has 0 bridgehead atoms. The minimum absolute atomic E-state index is 0.0319. The molecule has 0 unspecified atom stereocenters. The number of rotatable bonds is 5. The molecule has 0 saturated carbocycles. The zero-order valence-electron chi connectivity index (χ0n) is 17.3. The molecule has 1 saturated heterocycles. The molecular formula is C22H32N3OP. The molecule has 2 atom stereocenters. The van der Waals surface area contributed by atoms with Crippen LogP contribution in [0.25, 0.3) is 0 Å². The van der Waals surface area contributed by atoms with Gasteiger partial charge in [0, 0.05) is 12.1 Å². The van der Waals surface area contributed by atoms with E-state index < -0.39 is 7.59 Å². The van der Waals surface area contributed by atoms with Crippen LogP contribution in [-0.4, -0.2) is 40.2 Å². The Morgan fingerprint density at radius 1 is 0.741 bits per heavy atom. The maximum Gasteiger partial charge on any atom is 0.288 e. The molecule has 0 aliphatic carbocycles. The third kappa shape index (κ3) is 3.40. The van der Waals surface area contributed by atoms with Crippen LogP contribution in [-0.2, 0) is 4.57 Å². The predicted octanol–water partition coefficient (Wildman–Crippen LogP) is 5.57. The lowest BCUT2D eigenvalue weighted by Gasteiger charge is -2.41. The van der Waals surface area contributed by atoms with Gasteiger partial charge in [0.15, 0.2) is 0 Å². The van der Waals surface area contributed by atoms with Gasteiger partial charge in [-0.15, -0.1) is 0 Å². The van der Waals surface area contributed by atoms with Crippen molar-refractivity contribution in [2.45, 2.75) is 51.9 Å². The summed E-state index contributed by atoms with van der Waals surface area (Å²) in [7, 11) is 1.13. The molecule has 4 nitrogen and oxygen atoms in total. The second-order valence-electron chi connectivity index (χ2n) is 7.94. The van der Waals surface area contributed by atoms with E-state index in [1.54, 1.807) is 0 Å². The molecule has 5 heteroatoms. The largest absolute Gasteiger partial charge is 0.288 e. The molecular weight excluding hydrogens is 353 g/mol. The van der Waals surface area contributed by atoms with Gasteiger partial charge >= 0.3 is 0 Å². The second-order valence-corrected chi connectivity index (χ2v) is 10.7. The van der Waals surface area contributed by atoms with Crippen LogP contribution in [0.5, 0.6) is 0 Å². The lowest BCUT2D eigenvalue weighted by atomic mass is 9.93. The molecule has 27 heavy (non-hydrogen) atoms. The smallest absolute Gasteiger partial charge is 0.270 e. The van der Waals surface area contributed by atoms with Crippen LogP contribution in [0.4, 0.5) is 0 Å². The Balaban J connectivity index is 2.18. The standard InChI is InChI=1S/C22H32N3OP/c1-17(2)25(18(3)4)27(26)23(5)21(19-13-9-7-10-14-19)22(24(27)6)20-15-11-8-12-16-20/h7-18,21-22H,1-6H3/t21-,22-/m0/s1. The van der Waals surface area contributed by atoms with Gasteiger partial charge in [0.05, 0.1) is 12.1 Å². The zero-order valence-corrected chi connectivity index (χ0v) is 18.2. The molecule has 1 fully saturated rings. The first-order chi connectivity index (χ1) is 12.8. The Kier molecular flexibility index (Phi) is 5.93. The van der Waals surface area contributed by atoms with Crippen LogP contribution in [0.15, 0.2) is 60.7 Å². The lowest BCUT2D eigenvalue weighted by Crippen LogP contribution is -2.40. The van der Waals surface area contributed by atoms with Gasteiger partial charge in [-0.2, -0.15) is 0 Å². The average molecular weight is 385 g/mol. The van der Waals surface area contributed by atoms with Crippen LogP contribution in [0.3, 0.4) is 0 Å². The minimum Gasteiger partial charge on any atom is -0.270 e. The van der Waals surface area contributed by atoms with Crippen molar-refractivity contribution in [2.24, 2.45) is 0 Å². The molecule has 1 aliphatic rings. The number of benzene rings is 2. The van der Waals surface area contributed by atoms with Crippen LogP contribution in [0, 0.1) is 0 Å². The van der Waals surface area contributed by atoms with E-state index in [4.69, 9.17) is 0 Å². The summed E-state index contributed by atoms with van der Waals surface area (Å²) >= 11 is 0. The second kappa shape index (κ2) is 7.89. The molecule has 0 aromatic heterocycles. The molecule has 2 aromatic rings. The summed E-state index contributed by atoms with van der Waals surface area (Å²) in [5.74, 6) is 0. The molecule has 146 valence electrons. The first-order valence-electron chi connectivity index (χ1n) is 9.75. The topological polar surface area (TPSA) is 26.8 Å². The Morgan fingerprint density at radius 2 is 1.07 bits per heavy atom. The highest BCUT2D eigenvalue weighted by molar-refractivity contribution is 7.56. The number of hydrogen-bond acceptors (Lipinski definition) is 1. The Morgan fingerprint density at radius 3 is 1.37 bits per heavy atom. The highest BCUT2D eigenvalue weighted by Gasteiger charge is 2.56. The van der Waals surface area contributed by atoms with Crippen molar-refractivity contribution >= 4 is 7.59 Å². The van der Waals surface area contributed by atoms with Gasteiger partial charge < -0.3 is 0 Å². The molecule has 0 amide bonds. The van der Waals surface area contributed by atoms with Crippen LogP contribution >= 0.6 is 7.59 Å². The summed E-state index contributed by atoms with van der Waals surface area (Å²) < 4.78 is 21.0. The summed E-state index contributed by atoms with van der Waals surface area (Å²) in [5, 5.41) is 0. The fraction of sp³-hybridized carbons (Fsp3) is 0.455. The lowest BCUT2D eigenvalue weighted by molar-refractivity contribution is 0.258. The van der Waals surface area contributed by atoms with E-state index >= 15 is 0 Å². The highest BCUT2D eigenvalue weighted by atomic mass is 31.2. The third-order valence-corrected chi connectivity index (χ3v) is 9.23. The number of likely N-dealkylation sites (N-methyl/N-ethyl adjacent to an activating group) is 2. The quantitative estimate of drug-likeness (QED) is 0.629. The van der Waals surface area contributed by atoms with E-state index in [0.717, 1.165) is 0 Å². The maximum absolute atomic E-state index is 14.6. The minimum atomic E-state index is -2.92. The van der Waals surface area contributed by atoms with E-state index in [9.17, 15) is 4.57 Å². The fourth-order valence-corrected chi connectivity index (χ4v) is 8.04. The monoisotopic (exact) mass is 385 g/mol. The molecule has 0 radical (unpaired) electrons. The van der Waals surface area contributed by atoms with E-state index in [1.807, 2.05) is 26.2 Å². The summed E-state index contributed by atoms with van der Waals surface area (Å²) in [6.07, 6.45) is 0. The van der Waals surface area contributed by atoms with E-state index in [1.165, 1.54) is 11.1 Å². The molecule has 2 aromatic carbocycles. The van der Waals surface area contributed by atoms with Gasteiger partial charge in [0.25, 0.3) is 7.59 Å². The van der Waals surface area contributed by atoms with Crippen LogP contribution < -0.4 is 0 Å². The first kappa shape index (κ1) is 20.3. The highest BCUT2D eigenvalue weighted by Crippen LogP contribution is 2.70. The van der Waals surface area contributed by atoms with Gasteiger partial charge in [-0.05, 0) is 52.9 Å². The van der Waals surface area contributed by atoms with Crippen molar-refractivity contribution in [3.63, 3.8) is 0 Å². The number of hydrogen-bond donors (Lipinski definition) is 0. The summed E-state index contributed by atoms with van der Waals surface area (Å²) in [4.78, 5) is 0. The van der Waals surface area contributed by atoms with Gasteiger partial charge in [-0.3, -0.25) is 4.57 Å². The van der Waals surface area contributed by atoms with E-state index in [2.05, 4.69) is 90.2 Å². The number of nitrogens with zero attached hydrogens (tertiary/aromatic N) is 3. The predicted molar refractivity (Wildman–Crippen MR) is 114 cm³/mol. The molecule has 1 heterocycles. The Bertz CT molecular complexity index is 730. The average Bonchev–Trinajstić information content (AvgIpc) is 2.84. The van der Waals surface area contributed by atoms with E-state index in [-0.39, 0.29) is 24.2 Å². The molecule has 1 aliphatic heterocycles. The van der Waals surface area contributed by atoms with Gasteiger partial charge in [-0.1, -0.05) is 60.7 Å². The summed E-state index contributed by atoms with van der Waals surface area (Å²) in [6.45, 7) is 8.53. The fourth-order valence-electron chi connectivity index (χ4n) is 4.58. The van der Waals surface area contributed by atoms with Crippen molar-refractivity contribution in [2.75, 3.05) is 14.1 Å². The summed E-state index contributed by atoms with van der Waals surface area (Å²) in [6, 6.07) is 21.4. The van der Waals surface area contributed by atoms with Crippen molar-refractivity contribution < 1.29 is 4.57 Å². The van der Waals surface area contributed by atoms with Crippen molar-refractivity contribution in [1.82, 2.24) is 14.0 Å².